The molecule has 0 aliphatic carbocycles. The first-order chi connectivity index (χ1) is 12.0. The number of carbonyl (C=O) groups excluding carboxylic acids is 2. The van der Waals surface area contributed by atoms with Crippen molar-refractivity contribution in [3.05, 3.63) is 29.9 Å². The molecule has 1 fully saturated rings. The third-order valence-electron chi connectivity index (χ3n) is 4.94. The fraction of sp³-hybridized carbons (Fsp3) is 0.611. The molecule has 2 aliphatic heterocycles. The number of fused-ring (bicyclic) bond motifs is 1. The molecule has 2 atom stereocenters. The van der Waals surface area contributed by atoms with Gasteiger partial charge in [-0.25, -0.2) is 4.98 Å². The lowest BCUT2D eigenvalue weighted by molar-refractivity contribution is -0.128. The number of Topliss-reactive ketones (excluding diaryl/α,β-unsaturated/α-hetero) is 1. The van der Waals surface area contributed by atoms with Crippen molar-refractivity contribution >= 4 is 11.7 Å². The number of amides is 1. The third-order valence-corrected chi connectivity index (χ3v) is 4.94. The highest BCUT2D eigenvalue weighted by Gasteiger charge is 2.28. The lowest BCUT2D eigenvalue weighted by atomic mass is 10.2. The standard InChI is InChI=1S/C18H26N4O3/c1-13(20-6-8-25-9-7-20)4-5-18(24)21-11-14(2)22-16(15(3)23)10-19-17(22)12-21/h4-5,10,13-14H,6-9,11-12H2,1-3H3/b5-4+. The second-order valence-electron chi connectivity index (χ2n) is 6.80. The molecule has 3 heterocycles. The minimum Gasteiger partial charge on any atom is -0.379 e. The summed E-state index contributed by atoms with van der Waals surface area (Å²) in [7, 11) is 0. The van der Waals surface area contributed by atoms with Gasteiger partial charge in [-0.05, 0) is 13.8 Å². The molecule has 1 aromatic rings. The summed E-state index contributed by atoms with van der Waals surface area (Å²) in [6.07, 6.45) is 5.23. The number of rotatable bonds is 4. The van der Waals surface area contributed by atoms with Crippen LogP contribution in [-0.2, 0) is 16.1 Å². The van der Waals surface area contributed by atoms with Gasteiger partial charge in [-0.2, -0.15) is 0 Å². The maximum Gasteiger partial charge on any atom is 0.246 e. The van der Waals surface area contributed by atoms with Crippen LogP contribution in [0.15, 0.2) is 18.3 Å². The Labute approximate surface area is 148 Å². The summed E-state index contributed by atoms with van der Waals surface area (Å²) in [5.41, 5.74) is 0.617. The van der Waals surface area contributed by atoms with E-state index >= 15 is 0 Å². The predicted molar refractivity (Wildman–Crippen MR) is 93.4 cm³/mol. The molecular weight excluding hydrogens is 320 g/mol. The molecule has 0 radical (unpaired) electrons. The zero-order valence-corrected chi connectivity index (χ0v) is 15.1. The Balaban J connectivity index is 1.65. The highest BCUT2D eigenvalue weighted by molar-refractivity contribution is 5.92. The smallest absolute Gasteiger partial charge is 0.246 e. The van der Waals surface area contributed by atoms with Crippen LogP contribution in [0.1, 0.15) is 43.1 Å². The molecule has 7 heteroatoms. The van der Waals surface area contributed by atoms with Crippen LogP contribution in [0.25, 0.3) is 0 Å². The molecule has 1 aromatic heterocycles. The second-order valence-corrected chi connectivity index (χ2v) is 6.80. The Morgan fingerprint density at radius 3 is 2.76 bits per heavy atom. The summed E-state index contributed by atoms with van der Waals surface area (Å²) in [6, 6.07) is 0.250. The van der Waals surface area contributed by atoms with E-state index in [1.54, 1.807) is 24.1 Å². The van der Waals surface area contributed by atoms with Crippen LogP contribution in [0.4, 0.5) is 0 Å². The van der Waals surface area contributed by atoms with Gasteiger partial charge in [0.1, 0.15) is 11.5 Å². The molecular formula is C18H26N4O3. The first kappa shape index (κ1) is 17.8. The Morgan fingerprint density at radius 1 is 1.36 bits per heavy atom. The zero-order valence-electron chi connectivity index (χ0n) is 15.1. The van der Waals surface area contributed by atoms with Crippen molar-refractivity contribution in [3.63, 3.8) is 0 Å². The lowest BCUT2D eigenvalue weighted by Gasteiger charge is -2.33. The maximum absolute atomic E-state index is 12.6. The number of ether oxygens (including phenoxy) is 1. The Morgan fingerprint density at radius 2 is 2.08 bits per heavy atom. The number of morpholine rings is 1. The van der Waals surface area contributed by atoms with Crippen molar-refractivity contribution in [1.82, 2.24) is 19.4 Å². The van der Waals surface area contributed by atoms with Gasteiger partial charge in [-0.1, -0.05) is 6.08 Å². The van der Waals surface area contributed by atoms with Crippen LogP contribution in [0.3, 0.4) is 0 Å². The van der Waals surface area contributed by atoms with Gasteiger partial charge in [0, 0.05) is 38.7 Å². The first-order valence-corrected chi connectivity index (χ1v) is 8.83. The van der Waals surface area contributed by atoms with Gasteiger partial charge in [-0.3, -0.25) is 14.5 Å². The van der Waals surface area contributed by atoms with Gasteiger partial charge in [0.25, 0.3) is 0 Å². The van der Waals surface area contributed by atoms with Gasteiger partial charge in [0.2, 0.25) is 5.91 Å². The summed E-state index contributed by atoms with van der Waals surface area (Å²) >= 11 is 0. The number of ketones is 1. The van der Waals surface area contributed by atoms with Crippen LogP contribution < -0.4 is 0 Å². The monoisotopic (exact) mass is 346 g/mol. The van der Waals surface area contributed by atoms with Crippen molar-refractivity contribution in [3.8, 4) is 0 Å². The average Bonchev–Trinajstić information content (AvgIpc) is 3.05. The highest BCUT2D eigenvalue weighted by atomic mass is 16.5. The molecule has 3 rings (SSSR count). The molecule has 2 aliphatic rings. The van der Waals surface area contributed by atoms with Crippen molar-refractivity contribution in [2.45, 2.75) is 39.4 Å². The molecule has 0 spiro atoms. The van der Waals surface area contributed by atoms with Crippen LogP contribution in [0.5, 0.6) is 0 Å². The topological polar surface area (TPSA) is 67.7 Å². The first-order valence-electron chi connectivity index (χ1n) is 8.83. The van der Waals surface area contributed by atoms with E-state index in [9.17, 15) is 9.59 Å². The fourth-order valence-corrected chi connectivity index (χ4v) is 3.51. The molecule has 136 valence electrons. The molecule has 25 heavy (non-hydrogen) atoms. The van der Waals surface area contributed by atoms with E-state index in [2.05, 4.69) is 16.8 Å². The molecule has 1 amide bonds. The molecule has 7 nitrogen and oxygen atoms in total. The summed E-state index contributed by atoms with van der Waals surface area (Å²) in [4.78, 5) is 32.7. The van der Waals surface area contributed by atoms with Gasteiger partial charge in [-0.15, -0.1) is 0 Å². The quantitative estimate of drug-likeness (QED) is 0.607. The molecule has 0 N–H and O–H groups in total. The van der Waals surface area contributed by atoms with Gasteiger partial charge < -0.3 is 14.2 Å². The van der Waals surface area contributed by atoms with E-state index in [0.29, 0.717) is 18.8 Å². The minimum absolute atomic E-state index is 0.00427. The van der Waals surface area contributed by atoms with E-state index in [0.717, 1.165) is 32.1 Å². The molecule has 0 saturated carbocycles. The number of hydrogen-bond donors (Lipinski definition) is 0. The Kier molecular flexibility index (Phi) is 5.34. The van der Waals surface area contributed by atoms with Crippen LogP contribution >= 0.6 is 0 Å². The van der Waals surface area contributed by atoms with Gasteiger partial charge in [0.15, 0.2) is 5.78 Å². The van der Waals surface area contributed by atoms with Gasteiger partial charge in [0.05, 0.1) is 32.0 Å². The van der Waals surface area contributed by atoms with Crippen molar-refractivity contribution in [1.29, 1.82) is 0 Å². The van der Waals surface area contributed by atoms with Crippen molar-refractivity contribution in [2.24, 2.45) is 0 Å². The minimum atomic E-state index is -0.00872. The summed E-state index contributed by atoms with van der Waals surface area (Å²) in [5, 5.41) is 0. The van der Waals surface area contributed by atoms with E-state index in [-0.39, 0.29) is 23.8 Å². The normalized spacial score (nSPS) is 22.8. The van der Waals surface area contributed by atoms with E-state index in [1.165, 1.54) is 0 Å². The molecule has 2 unspecified atom stereocenters. The van der Waals surface area contributed by atoms with E-state index in [1.807, 2.05) is 17.6 Å². The van der Waals surface area contributed by atoms with Gasteiger partial charge >= 0.3 is 0 Å². The Bertz CT molecular complexity index is 676. The number of hydrogen-bond acceptors (Lipinski definition) is 5. The largest absolute Gasteiger partial charge is 0.379 e. The number of imidazole rings is 1. The summed E-state index contributed by atoms with van der Waals surface area (Å²) in [6.45, 7) is 9.96. The lowest BCUT2D eigenvalue weighted by Crippen LogP contribution is -2.42. The number of nitrogens with zero attached hydrogens (tertiary/aromatic N) is 4. The van der Waals surface area contributed by atoms with Crippen LogP contribution in [0.2, 0.25) is 0 Å². The second kappa shape index (κ2) is 7.49. The average molecular weight is 346 g/mol. The Hall–Kier alpha value is -1.99. The van der Waals surface area contributed by atoms with Crippen molar-refractivity contribution in [2.75, 3.05) is 32.8 Å². The number of aromatic nitrogens is 2. The SMILES string of the molecule is CC(=O)c1cnc2n1C(C)CN(C(=O)/C=C/C(C)N1CCOCC1)C2. The molecule has 0 bridgehead atoms. The predicted octanol–water partition coefficient (Wildman–Crippen LogP) is 1.27. The van der Waals surface area contributed by atoms with Crippen molar-refractivity contribution < 1.29 is 14.3 Å². The van der Waals surface area contributed by atoms with Crippen LogP contribution in [0, 0.1) is 0 Å². The zero-order chi connectivity index (χ0) is 18.0. The van der Waals surface area contributed by atoms with E-state index in [4.69, 9.17) is 4.74 Å². The summed E-state index contributed by atoms with van der Waals surface area (Å²) < 4.78 is 7.31. The van der Waals surface area contributed by atoms with Crippen LogP contribution in [-0.4, -0.2) is 69.9 Å². The fourth-order valence-electron chi connectivity index (χ4n) is 3.51. The van der Waals surface area contributed by atoms with E-state index < -0.39 is 0 Å². The summed E-state index contributed by atoms with van der Waals surface area (Å²) in [5.74, 6) is 0.766. The number of carbonyl (C=O) groups is 2. The molecule has 1 saturated heterocycles. The molecule has 0 aromatic carbocycles. The highest BCUT2D eigenvalue weighted by Crippen LogP contribution is 2.23. The third kappa shape index (κ3) is 3.82. The maximum atomic E-state index is 12.6.